The van der Waals surface area contributed by atoms with E-state index in [0.717, 1.165) is 35.8 Å². The van der Waals surface area contributed by atoms with E-state index in [9.17, 15) is 0 Å². The molecule has 0 amide bonds. The summed E-state index contributed by atoms with van der Waals surface area (Å²) in [5.41, 5.74) is 0.851. The van der Waals surface area contributed by atoms with Crippen molar-refractivity contribution in [1.82, 2.24) is 0 Å². The van der Waals surface area contributed by atoms with Crippen molar-refractivity contribution in [3.05, 3.63) is 0 Å². The van der Waals surface area contributed by atoms with Crippen LogP contribution in [-0.4, -0.2) is 23.2 Å². The summed E-state index contributed by atoms with van der Waals surface area (Å²) >= 11 is 0. The first kappa shape index (κ1) is 14.5. The van der Waals surface area contributed by atoms with Gasteiger partial charge in [0.05, 0.1) is 36.0 Å². The minimum absolute atomic E-state index is 0.425. The van der Waals surface area contributed by atoms with E-state index in [0.29, 0.717) is 11.1 Å². The zero-order valence-corrected chi connectivity index (χ0v) is 14.6. The highest BCUT2D eigenvalue weighted by molar-refractivity contribution is 4.98. The molecule has 4 saturated carbocycles. The summed E-state index contributed by atoms with van der Waals surface area (Å²) in [6.45, 7) is 9.80. The maximum atomic E-state index is 2.88. The van der Waals surface area contributed by atoms with E-state index in [1.54, 1.807) is 32.1 Å². The lowest BCUT2D eigenvalue weighted by molar-refractivity contribution is -0.823. The zero-order chi connectivity index (χ0) is 14.8. The van der Waals surface area contributed by atoms with Crippen LogP contribution in [0, 0.1) is 23.7 Å². The minimum atomic E-state index is 0.425. The van der Waals surface area contributed by atoms with Gasteiger partial charge in [0.15, 0.2) is 0 Å². The molecule has 0 radical (unpaired) electrons. The maximum absolute atomic E-state index is 2.88. The number of quaternary nitrogens is 2. The van der Waals surface area contributed by atoms with E-state index in [1.807, 2.05) is 0 Å². The number of rotatable bonds is 2. The molecule has 0 aromatic carbocycles. The average molecular weight is 293 g/mol. The van der Waals surface area contributed by atoms with Crippen LogP contribution in [0.4, 0.5) is 0 Å². The van der Waals surface area contributed by atoms with Gasteiger partial charge < -0.3 is 10.6 Å². The normalized spacial score (nSPS) is 47.7. The third kappa shape index (κ3) is 2.79. The van der Waals surface area contributed by atoms with Crippen LogP contribution in [0.25, 0.3) is 0 Å². The van der Waals surface area contributed by atoms with Crippen LogP contribution in [-0.2, 0) is 0 Å². The Labute approximate surface area is 130 Å². The quantitative estimate of drug-likeness (QED) is 0.776. The second kappa shape index (κ2) is 4.71. The van der Waals surface area contributed by atoms with Crippen LogP contribution in [0.5, 0.6) is 0 Å². The van der Waals surface area contributed by atoms with Crippen LogP contribution < -0.4 is 10.6 Å². The molecule has 2 heteroatoms. The van der Waals surface area contributed by atoms with Gasteiger partial charge in [-0.15, -0.1) is 0 Å². The highest BCUT2D eigenvalue weighted by Crippen LogP contribution is 2.52. The molecule has 4 N–H and O–H groups in total. The average Bonchev–Trinajstić information content (AvgIpc) is 2.28. The van der Waals surface area contributed by atoms with Gasteiger partial charge in [-0.1, -0.05) is 0 Å². The largest absolute Gasteiger partial charge is 0.341 e. The monoisotopic (exact) mass is 292 g/mol. The molecule has 120 valence electrons. The SMILES string of the molecule is CC1(C)CC([NH2+]C2C3CC4CC(C3)CC2C4)CC(C)(C)[NH2+]1. The van der Waals surface area contributed by atoms with Gasteiger partial charge in [-0.25, -0.2) is 0 Å². The van der Waals surface area contributed by atoms with Crippen LogP contribution in [0.1, 0.15) is 72.6 Å². The van der Waals surface area contributed by atoms with Gasteiger partial charge in [-0.3, -0.25) is 0 Å². The molecular weight excluding hydrogens is 256 g/mol. The Morgan fingerprint density at radius 2 is 1.24 bits per heavy atom. The molecule has 0 aromatic rings. The first-order chi connectivity index (χ1) is 9.80. The van der Waals surface area contributed by atoms with E-state index in [1.165, 1.54) is 12.8 Å². The fourth-order valence-corrected chi connectivity index (χ4v) is 7.33. The standard InChI is InChI=1S/C19H34N2/c1-18(2)10-16(11-19(3,4)21-18)20-17-14-6-12-5-13(8-14)9-15(17)7-12/h12-17,20-21H,5-11H2,1-4H3/p+2. The van der Waals surface area contributed by atoms with Crippen molar-refractivity contribution in [3.8, 4) is 0 Å². The molecule has 5 rings (SSSR count). The van der Waals surface area contributed by atoms with Crippen molar-refractivity contribution in [1.29, 1.82) is 0 Å². The highest BCUT2D eigenvalue weighted by Gasteiger charge is 2.52. The van der Waals surface area contributed by atoms with Gasteiger partial charge >= 0.3 is 0 Å². The summed E-state index contributed by atoms with van der Waals surface area (Å²) in [6, 6.07) is 1.84. The Balaban J connectivity index is 1.46. The second-order valence-corrected chi connectivity index (χ2v) is 10.5. The first-order valence-electron chi connectivity index (χ1n) is 9.52. The van der Waals surface area contributed by atoms with E-state index in [2.05, 4.69) is 38.3 Å². The topological polar surface area (TPSA) is 33.2 Å². The lowest BCUT2D eigenvalue weighted by atomic mass is 9.54. The van der Waals surface area contributed by atoms with Crippen LogP contribution in [0.15, 0.2) is 0 Å². The van der Waals surface area contributed by atoms with Gasteiger partial charge in [0.2, 0.25) is 0 Å². The summed E-state index contributed by atoms with van der Waals surface area (Å²) in [5.74, 6) is 4.37. The fraction of sp³-hybridized carbons (Fsp3) is 1.00. The van der Waals surface area contributed by atoms with Crippen molar-refractivity contribution in [3.63, 3.8) is 0 Å². The van der Waals surface area contributed by atoms with Crippen molar-refractivity contribution < 1.29 is 10.6 Å². The van der Waals surface area contributed by atoms with E-state index >= 15 is 0 Å². The molecule has 0 atom stereocenters. The van der Waals surface area contributed by atoms with Crippen molar-refractivity contribution >= 4 is 0 Å². The molecule has 1 heterocycles. The number of hydrogen-bond donors (Lipinski definition) is 2. The smallest absolute Gasteiger partial charge is 0.0981 e. The van der Waals surface area contributed by atoms with Crippen LogP contribution in [0.2, 0.25) is 0 Å². The molecule has 0 aromatic heterocycles. The van der Waals surface area contributed by atoms with Crippen molar-refractivity contribution in [2.75, 3.05) is 0 Å². The highest BCUT2D eigenvalue weighted by atomic mass is 15.1. The van der Waals surface area contributed by atoms with E-state index in [4.69, 9.17) is 0 Å². The summed E-state index contributed by atoms with van der Waals surface area (Å²) in [4.78, 5) is 0. The number of piperidine rings is 1. The number of hydrogen-bond acceptors (Lipinski definition) is 0. The van der Waals surface area contributed by atoms with Crippen LogP contribution in [0.3, 0.4) is 0 Å². The Morgan fingerprint density at radius 1 is 0.762 bits per heavy atom. The Morgan fingerprint density at radius 3 is 1.71 bits per heavy atom. The molecule has 21 heavy (non-hydrogen) atoms. The van der Waals surface area contributed by atoms with E-state index < -0.39 is 0 Å². The Bertz CT molecular complexity index is 368. The molecular formula is C19H36N2+2. The second-order valence-electron chi connectivity index (χ2n) is 10.5. The predicted octanol–water partition coefficient (Wildman–Crippen LogP) is 1.66. The maximum Gasteiger partial charge on any atom is 0.0981 e. The Kier molecular flexibility index (Phi) is 3.25. The van der Waals surface area contributed by atoms with Gasteiger partial charge in [-0.2, -0.15) is 0 Å². The summed E-state index contributed by atoms with van der Waals surface area (Å²) in [5, 5.41) is 5.50. The molecule has 0 spiro atoms. The van der Waals surface area contributed by atoms with Gasteiger partial charge in [0, 0.05) is 11.8 Å². The van der Waals surface area contributed by atoms with Crippen molar-refractivity contribution in [2.24, 2.45) is 23.7 Å². The van der Waals surface area contributed by atoms with Gasteiger partial charge in [0.1, 0.15) is 0 Å². The summed E-state index contributed by atoms with van der Waals surface area (Å²) < 4.78 is 0. The molecule has 4 aliphatic carbocycles. The minimum Gasteiger partial charge on any atom is -0.341 e. The van der Waals surface area contributed by atoms with Gasteiger partial charge in [-0.05, 0) is 71.6 Å². The molecule has 1 saturated heterocycles. The molecule has 0 unspecified atom stereocenters. The summed E-state index contributed by atoms with van der Waals surface area (Å²) in [6.07, 6.45) is 10.6. The molecule has 5 fully saturated rings. The Hall–Kier alpha value is -0.0800. The molecule has 4 bridgehead atoms. The number of nitrogens with two attached hydrogens (primary N) is 2. The lowest BCUT2D eigenvalue weighted by Gasteiger charge is -2.54. The van der Waals surface area contributed by atoms with Gasteiger partial charge in [0.25, 0.3) is 0 Å². The molecule has 1 aliphatic heterocycles. The fourth-order valence-electron chi connectivity index (χ4n) is 7.33. The first-order valence-corrected chi connectivity index (χ1v) is 9.52. The zero-order valence-electron chi connectivity index (χ0n) is 14.6. The molecule has 5 aliphatic rings. The molecule has 2 nitrogen and oxygen atoms in total. The summed E-state index contributed by atoms with van der Waals surface area (Å²) in [7, 11) is 0. The third-order valence-electron chi connectivity index (χ3n) is 7.15. The third-order valence-corrected chi connectivity index (χ3v) is 7.15. The lowest BCUT2D eigenvalue weighted by Crippen LogP contribution is -3.10. The predicted molar refractivity (Wildman–Crippen MR) is 85.9 cm³/mol. The van der Waals surface area contributed by atoms with Crippen LogP contribution >= 0.6 is 0 Å². The van der Waals surface area contributed by atoms with E-state index in [-0.39, 0.29) is 0 Å². The van der Waals surface area contributed by atoms with Crippen molar-refractivity contribution in [2.45, 2.75) is 95.8 Å².